The number of aromatic nitrogens is 3. The van der Waals surface area contributed by atoms with Crippen LogP contribution in [0.2, 0.25) is 0 Å². The van der Waals surface area contributed by atoms with Gasteiger partial charge in [-0.15, -0.1) is 5.10 Å². The van der Waals surface area contributed by atoms with Crippen LogP contribution < -0.4 is 15.4 Å². The van der Waals surface area contributed by atoms with E-state index >= 15 is 0 Å². The van der Waals surface area contributed by atoms with Crippen LogP contribution in [0, 0.1) is 11.6 Å². The van der Waals surface area contributed by atoms with Gasteiger partial charge in [-0.2, -0.15) is 18.2 Å². The van der Waals surface area contributed by atoms with Crippen LogP contribution in [0.1, 0.15) is 5.56 Å². The molecule has 8 nitrogen and oxygen atoms in total. The molecule has 13 heteroatoms. The Morgan fingerprint density at radius 3 is 2.42 bits per heavy atom. The molecule has 0 saturated carbocycles. The zero-order chi connectivity index (χ0) is 27.3. The van der Waals surface area contributed by atoms with Crippen LogP contribution >= 0.6 is 0 Å². The summed E-state index contributed by atoms with van der Waals surface area (Å²) in [4.78, 5) is 16.7. The van der Waals surface area contributed by atoms with Crippen LogP contribution in [0.15, 0.2) is 66.7 Å². The molecule has 38 heavy (non-hydrogen) atoms. The monoisotopic (exact) mass is 533 g/mol. The Balaban J connectivity index is 1.61. The van der Waals surface area contributed by atoms with Crippen LogP contribution in [0.25, 0.3) is 17.1 Å². The zero-order valence-corrected chi connectivity index (χ0v) is 19.7. The van der Waals surface area contributed by atoms with Gasteiger partial charge >= 0.3 is 18.2 Å². The van der Waals surface area contributed by atoms with Crippen LogP contribution in [0.4, 0.5) is 38.1 Å². The van der Waals surface area contributed by atoms with Gasteiger partial charge in [-0.05, 0) is 42.5 Å². The van der Waals surface area contributed by atoms with Gasteiger partial charge in [0.15, 0.2) is 5.82 Å². The highest BCUT2D eigenvalue weighted by molar-refractivity contribution is 6.00. The predicted molar refractivity (Wildman–Crippen MR) is 128 cm³/mol. The Morgan fingerprint density at radius 2 is 1.74 bits per heavy atom. The second kappa shape index (κ2) is 11.3. The number of carbonyl (C=O) groups is 1. The highest BCUT2D eigenvalue weighted by atomic mass is 19.4. The van der Waals surface area contributed by atoms with Gasteiger partial charge in [-0.1, -0.05) is 18.2 Å². The molecule has 2 amide bonds. The van der Waals surface area contributed by atoms with Crippen molar-refractivity contribution in [3.8, 4) is 23.1 Å². The summed E-state index contributed by atoms with van der Waals surface area (Å²) in [7, 11) is 1.49. The number of benzene rings is 3. The number of nitrogens with one attached hydrogen (secondary N) is 2. The Morgan fingerprint density at radius 1 is 0.974 bits per heavy atom. The summed E-state index contributed by atoms with van der Waals surface area (Å²) >= 11 is 0. The maximum Gasteiger partial charge on any atom is 0.416 e. The first-order valence-corrected chi connectivity index (χ1v) is 11.0. The van der Waals surface area contributed by atoms with E-state index in [0.717, 1.165) is 24.3 Å². The van der Waals surface area contributed by atoms with E-state index in [0.29, 0.717) is 17.3 Å². The van der Waals surface area contributed by atoms with E-state index in [9.17, 15) is 26.7 Å². The molecule has 0 unspecified atom stereocenters. The lowest BCUT2D eigenvalue weighted by atomic mass is 10.1. The molecule has 0 bridgehead atoms. The lowest BCUT2D eigenvalue weighted by Crippen LogP contribution is -2.20. The first-order valence-electron chi connectivity index (χ1n) is 11.0. The molecule has 198 valence electrons. The molecule has 0 aliphatic carbocycles. The summed E-state index contributed by atoms with van der Waals surface area (Å²) in [5, 5.41) is 9.11. The van der Waals surface area contributed by atoms with Crippen LogP contribution in [-0.4, -0.2) is 41.1 Å². The van der Waals surface area contributed by atoms with Crippen molar-refractivity contribution in [3.63, 3.8) is 0 Å². The fourth-order valence-electron chi connectivity index (χ4n) is 3.34. The van der Waals surface area contributed by atoms with E-state index in [2.05, 4.69) is 20.7 Å². The standard InChI is InChI=1S/C25H20F5N5O3/c1-37-11-12-38-24-33-22(15-5-7-16(8-6-15)25(28,29)30)35(34-24)19-4-2-3-18(14-19)31-23(36)32-21-10-9-17(26)13-20(21)27/h2-10,13-14H,11-12H2,1H3,(H2,31,32,36). The molecule has 0 radical (unpaired) electrons. The van der Waals surface area contributed by atoms with Crippen LogP contribution in [0.5, 0.6) is 6.01 Å². The van der Waals surface area contributed by atoms with Gasteiger partial charge in [-0.3, -0.25) is 0 Å². The van der Waals surface area contributed by atoms with Crippen molar-refractivity contribution in [1.82, 2.24) is 14.8 Å². The summed E-state index contributed by atoms with van der Waals surface area (Å²) in [6.45, 7) is 0.391. The van der Waals surface area contributed by atoms with Gasteiger partial charge in [0.2, 0.25) is 0 Å². The highest BCUT2D eigenvalue weighted by Gasteiger charge is 2.30. The van der Waals surface area contributed by atoms with Gasteiger partial charge in [0.05, 0.1) is 23.5 Å². The second-order valence-corrected chi connectivity index (χ2v) is 7.80. The summed E-state index contributed by atoms with van der Waals surface area (Å²) in [6, 6.07) is 12.5. The van der Waals surface area contributed by atoms with Crippen molar-refractivity contribution in [3.05, 3.63) is 83.9 Å². The fraction of sp³-hybridized carbons (Fsp3) is 0.160. The van der Waals surface area contributed by atoms with Crippen LogP contribution in [0.3, 0.4) is 0 Å². The van der Waals surface area contributed by atoms with Crippen LogP contribution in [-0.2, 0) is 10.9 Å². The van der Waals surface area contributed by atoms with Gasteiger partial charge in [0.25, 0.3) is 0 Å². The minimum atomic E-state index is -4.50. The quantitative estimate of drug-likeness (QED) is 0.217. The van der Waals surface area contributed by atoms with Crippen molar-refractivity contribution in [2.24, 2.45) is 0 Å². The maximum absolute atomic E-state index is 13.9. The van der Waals surface area contributed by atoms with Crippen molar-refractivity contribution >= 4 is 17.4 Å². The second-order valence-electron chi connectivity index (χ2n) is 7.80. The molecule has 4 aromatic rings. The third kappa shape index (κ3) is 6.42. The molecular formula is C25H20F5N5O3. The van der Waals surface area contributed by atoms with E-state index in [-0.39, 0.29) is 36.4 Å². The minimum absolute atomic E-state index is 0.0418. The highest BCUT2D eigenvalue weighted by Crippen LogP contribution is 2.32. The Kier molecular flexibility index (Phi) is 7.86. The lowest BCUT2D eigenvalue weighted by molar-refractivity contribution is -0.137. The number of hydrogen-bond donors (Lipinski definition) is 2. The molecule has 4 rings (SSSR count). The largest absolute Gasteiger partial charge is 0.460 e. The lowest BCUT2D eigenvalue weighted by Gasteiger charge is -2.11. The third-order valence-electron chi connectivity index (χ3n) is 5.10. The van der Waals surface area contributed by atoms with E-state index in [1.807, 2.05) is 0 Å². The number of hydrogen-bond acceptors (Lipinski definition) is 5. The summed E-state index contributed by atoms with van der Waals surface area (Å²) in [6.07, 6.45) is -4.50. The molecule has 1 aromatic heterocycles. The maximum atomic E-state index is 13.9. The topological polar surface area (TPSA) is 90.3 Å². The number of rotatable bonds is 8. The first kappa shape index (κ1) is 26.5. The number of amides is 2. The number of alkyl halides is 3. The normalized spacial score (nSPS) is 11.3. The van der Waals surface area contributed by atoms with Crippen molar-refractivity contribution in [1.29, 1.82) is 0 Å². The molecule has 0 spiro atoms. The zero-order valence-electron chi connectivity index (χ0n) is 19.7. The smallest absolute Gasteiger partial charge is 0.416 e. The number of ether oxygens (including phenoxy) is 2. The van der Waals surface area contributed by atoms with Crippen molar-refractivity contribution in [2.45, 2.75) is 6.18 Å². The number of carbonyl (C=O) groups excluding carboxylic acids is 1. The Labute approximate surface area is 213 Å². The third-order valence-corrected chi connectivity index (χ3v) is 5.10. The van der Waals surface area contributed by atoms with Crippen molar-refractivity contribution < 1.29 is 36.2 Å². The number of halogens is 5. The summed E-state index contributed by atoms with van der Waals surface area (Å²) in [5.41, 5.74) is -0.0505. The summed E-state index contributed by atoms with van der Waals surface area (Å²) in [5.74, 6) is -1.55. The Hall–Kier alpha value is -4.52. The molecule has 0 aliphatic rings. The van der Waals surface area contributed by atoms with E-state index in [4.69, 9.17) is 9.47 Å². The minimum Gasteiger partial charge on any atom is -0.460 e. The SMILES string of the molecule is COCCOc1nc(-c2ccc(C(F)(F)F)cc2)n(-c2cccc(NC(=O)Nc3ccc(F)cc3F)c2)n1. The molecular weight excluding hydrogens is 513 g/mol. The number of anilines is 2. The molecule has 0 aliphatic heterocycles. The number of urea groups is 1. The molecule has 0 atom stereocenters. The molecule has 0 saturated heterocycles. The van der Waals surface area contributed by atoms with Crippen molar-refractivity contribution in [2.75, 3.05) is 31.0 Å². The van der Waals surface area contributed by atoms with Gasteiger partial charge in [0.1, 0.15) is 18.2 Å². The Bertz CT molecular complexity index is 1420. The summed E-state index contributed by atoms with van der Waals surface area (Å²) < 4.78 is 77.8. The molecule has 3 aromatic carbocycles. The fourth-order valence-corrected chi connectivity index (χ4v) is 3.34. The number of nitrogens with zero attached hydrogens (tertiary/aromatic N) is 3. The molecule has 2 N–H and O–H groups in total. The van der Waals surface area contributed by atoms with Gasteiger partial charge in [0, 0.05) is 24.4 Å². The average Bonchev–Trinajstić information content (AvgIpc) is 3.30. The van der Waals surface area contributed by atoms with E-state index < -0.39 is 29.4 Å². The molecule has 0 fully saturated rings. The van der Waals surface area contributed by atoms with Gasteiger partial charge in [-0.25, -0.2) is 18.3 Å². The van der Waals surface area contributed by atoms with E-state index in [1.54, 1.807) is 18.2 Å². The predicted octanol–water partition coefficient (Wildman–Crippen LogP) is 5.90. The molecule has 1 heterocycles. The first-order chi connectivity index (χ1) is 18.1. The van der Waals surface area contributed by atoms with E-state index in [1.165, 1.54) is 30.0 Å². The number of methoxy groups -OCH3 is 1. The average molecular weight is 533 g/mol. The van der Waals surface area contributed by atoms with Gasteiger partial charge < -0.3 is 20.1 Å².